The molecule has 1 aliphatic rings. The highest BCUT2D eigenvalue weighted by atomic mass is 35.5. The number of amides is 2. The molecule has 1 saturated heterocycles. The van der Waals surface area contributed by atoms with Gasteiger partial charge in [-0.2, -0.15) is 0 Å². The number of benzene rings is 1. The summed E-state index contributed by atoms with van der Waals surface area (Å²) in [6, 6.07) is 3.70. The van der Waals surface area contributed by atoms with Crippen LogP contribution in [-0.4, -0.2) is 48.3 Å². The summed E-state index contributed by atoms with van der Waals surface area (Å²) in [6.07, 6.45) is 0. The number of carboxylic acid groups (broad SMARTS) is 1. The monoisotopic (exact) mass is 332 g/mol. The first-order valence-corrected chi connectivity index (χ1v) is 6.95. The number of ether oxygens (including phenoxy) is 1. The number of carboxylic acids is 1. The second kappa shape index (κ2) is 6.51. The summed E-state index contributed by atoms with van der Waals surface area (Å²) in [5.74, 6) is -1.73. The maximum Gasteiger partial charge on any atom is 0.321 e. The van der Waals surface area contributed by atoms with E-state index in [0.29, 0.717) is 15.7 Å². The Hall–Kier alpha value is -1.50. The van der Waals surface area contributed by atoms with E-state index >= 15 is 0 Å². The van der Waals surface area contributed by atoms with Gasteiger partial charge in [-0.25, -0.2) is 4.79 Å². The smallest absolute Gasteiger partial charge is 0.321 e. The average Bonchev–Trinajstić information content (AvgIpc) is 2.91. The van der Waals surface area contributed by atoms with Crippen molar-refractivity contribution in [3.8, 4) is 0 Å². The van der Waals surface area contributed by atoms with Gasteiger partial charge in [-0.15, -0.1) is 0 Å². The molecule has 2 rings (SSSR count). The maximum absolute atomic E-state index is 12.2. The number of anilines is 1. The fraction of sp³-hybridized carbons (Fsp3) is 0.385. The average molecular weight is 333 g/mol. The van der Waals surface area contributed by atoms with Crippen molar-refractivity contribution in [2.75, 3.05) is 25.6 Å². The van der Waals surface area contributed by atoms with E-state index in [0.717, 1.165) is 0 Å². The fourth-order valence-corrected chi connectivity index (χ4v) is 2.44. The Kier molecular flexibility index (Phi) is 4.92. The number of carbonyl (C=O) groups is 2. The number of hydrogen-bond acceptors (Lipinski definition) is 3. The van der Waals surface area contributed by atoms with Crippen LogP contribution >= 0.6 is 23.2 Å². The van der Waals surface area contributed by atoms with Gasteiger partial charge >= 0.3 is 12.0 Å². The molecule has 2 atom stereocenters. The summed E-state index contributed by atoms with van der Waals surface area (Å²) in [7, 11) is 1.52. The van der Waals surface area contributed by atoms with E-state index in [9.17, 15) is 9.59 Å². The maximum atomic E-state index is 12.2. The van der Waals surface area contributed by atoms with Crippen LogP contribution in [-0.2, 0) is 9.53 Å². The number of hydrogen-bond donors (Lipinski definition) is 2. The van der Waals surface area contributed by atoms with Crippen LogP contribution in [0, 0.1) is 5.92 Å². The van der Waals surface area contributed by atoms with Crippen molar-refractivity contribution in [1.82, 2.24) is 4.90 Å². The molecule has 0 radical (unpaired) electrons. The molecular weight excluding hydrogens is 319 g/mol. The number of nitrogens with zero attached hydrogens (tertiary/aromatic N) is 1. The number of carbonyl (C=O) groups excluding carboxylic acids is 1. The van der Waals surface area contributed by atoms with Gasteiger partial charge in [-0.05, 0) is 18.2 Å². The topological polar surface area (TPSA) is 78.9 Å². The summed E-state index contributed by atoms with van der Waals surface area (Å²) < 4.78 is 5.15. The van der Waals surface area contributed by atoms with E-state index in [4.69, 9.17) is 33.0 Å². The Balaban J connectivity index is 2.09. The third-order valence-electron chi connectivity index (χ3n) is 3.36. The summed E-state index contributed by atoms with van der Waals surface area (Å²) in [5, 5.41) is 12.5. The molecule has 2 N–H and O–H groups in total. The third-order valence-corrected chi connectivity index (χ3v) is 3.92. The first-order chi connectivity index (χ1) is 9.90. The SMILES string of the molecule is CN(C(=O)Nc1cc(Cl)ccc1Cl)C1COCC1C(=O)O. The molecule has 0 aliphatic carbocycles. The van der Waals surface area contributed by atoms with Crippen LogP contribution in [0.1, 0.15) is 0 Å². The highest BCUT2D eigenvalue weighted by molar-refractivity contribution is 6.35. The lowest BCUT2D eigenvalue weighted by Gasteiger charge is -2.26. The Morgan fingerprint density at radius 2 is 2.10 bits per heavy atom. The molecule has 0 aromatic heterocycles. The van der Waals surface area contributed by atoms with E-state index in [1.807, 2.05) is 0 Å². The van der Waals surface area contributed by atoms with Crippen LogP contribution < -0.4 is 5.32 Å². The first kappa shape index (κ1) is 15.9. The molecular formula is C13H14Cl2N2O4. The van der Waals surface area contributed by atoms with Crippen LogP contribution in [0.4, 0.5) is 10.5 Å². The number of halogens is 2. The highest BCUT2D eigenvalue weighted by Gasteiger charge is 2.38. The molecule has 1 aromatic rings. The second-order valence-electron chi connectivity index (χ2n) is 4.71. The molecule has 1 aromatic carbocycles. The summed E-state index contributed by atoms with van der Waals surface area (Å²) >= 11 is 11.8. The zero-order valence-electron chi connectivity index (χ0n) is 11.2. The van der Waals surface area contributed by atoms with E-state index < -0.39 is 24.0 Å². The summed E-state index contributed by atoms with van der Waals surface area (Å²) in [6.45, 7) is 0.277. The minimum absolute atomic E-state index is 0.0928. The molecule has 2 amide bonds. The van der Waals surface area contributed by atoms with Crippen LogP contribution in [0.2, 0.25) is 10.0 Å². The number of aliphatic carboxylic acids is 1. The molecule has 1 aliphatic heterocycles. The largest absolute Gasteiger partial charge is 0.481 e. The Labute approximate surface area is 131 Å². The van der Waals surface area contributed by atoms with Gasteiger partial charge < -0.3 is 20.1 Å². The third kappa shape index (κ3) is 3.58. The molecule has 6 nitrogen and oxygen atoms in total. The lowest BCUT2D eigenvalue weighted by Crippen LogP contribution is -2.45. The van der Waals surface area contributed by atoms with Crippen LogP contribution in [0.15, 0.2) is 18.2 Å². The molecule has 0 saturated carbocycles. The van der Waals surface area contributed by atoms with E-state index in [1.165, 1.54) is 18.0 Å². The van der Waals surface area contributed by atoms with Crippen molar-refractivity contribution in [2.45, 2.75) is 6.04 Å². The minimum atomic E-state index is -0.988. The van der Waals surface area contributed by atoms with E-state index in [2.05, 4.69) is 5.32 Å². The zero-order valence-corrected chi connectivity index (χ0v) is 12.7. The number of urea groups is 1. The molecule has 2 unspecified atom stereocenters. The fourth-order valence-electron chi connectivity index (χ4n) is 2.11. The van der Waals surface area contributed by atoms with Gasteiger partial charge in [-0.3, -0.25) is 4.79 Å². The highest BCUT2D eigenvalue weighted by Crippen LogP contribution is 2.26. The molecule has 21 heavy (non-hydrogen) atoms. The van der Waals surface area contributed by atoms with Crippen molar-refractivity contribution < 1.29 is 19.4 Å². The number of nitrogens with one attached hydrogen (secondary N) is 1. The Bertz CT molecular complexity index is 567. The predicted octanol–water partition coefficient (Wildman–Crippen LogP) is 2.56. The van der Waals surface area contributed by atoms with Gasteiger partial charge in [0.1, 0.15) is 5.92 Å². The Morgan fingerprint density at radius 3 is 2.76 bits per heavy atom. The van der Waals surface area contributed by atoms with Crippen molar-refractivity contribution in [2.24, 2.45) is 5.92 Å². The Morgan fingerprint density at radius 1 is 1.38 bits per heavy atom. The van der Waals surface area contributed by atoms with Crippen molar-refractivity contribution in [3.05, 3.63) is 28.2 Å². The molecule has 114 valence electrons. The van der Waals surface area contributed by atoms with Crippen molar-refractivity contribution >= 4 is 40.9 Å². The van der Waals surface area contributed by atoms with Gasteiger partial charge in [0.05, 0.1) is 30.0 Å². The zero-order chi connectivity index (χ0) is 15.6. The predicted molar refractivity (Wildman–Crippen MR) is 79.0 cm³/mol. The van der Waals surface area contributed by atoms with E-state index in [1.54, 1.807) is 12.1 Å². The lowest BCUT2D eigenvalue weighted by molar-refractivity contribution is -0.142. The van der Waals surface area contributed by atoms with Crippen LogP contribution in [0.3, 0.4) is 0 Å². The quantitative estimate of drug-likeness (QED) is 0.891. The first-order valence-electron chi connectivity index (χ1n) is 6.19. The molecule has 8 heteroatoms. The van der Waals surface area contributed by atoms with Gasteiger partial charge in [-0.1, -0.05) is 23.2 Å². The van der Waals surface area contributed by atoms with Gasteiger partial charge in [0.25, 0.3) is 0 Å². The number of rotatable bonds is 3. The van der Waals surface area contributed by atoms with Gasteiger partial charge in [0.15, 0.2) is 0 Å². The van der Waals surface area contributed by atoms with Crippen LogP contribution in [0.25, 0.3) is 0 Å². The van der Waals surface area contributed by atoms with Gasteiger partial charge in [0.2, 0.25) is 0 Å². The minimum Gasteiger partial charge on any atom is -0.481 e. The second-order valence-corrected chi connectivity index (χ2v) is 5.56. The van der Waals surface area contributed by atoms with Crippen molar-refractivity contribution in [3.63, 3.8) is 0 Å². The van der Waals surface area contributed by atoms with Crippen LogP contribution in [0.5, 0.6) is 0 Å². The van der Waals surface area contributed by atoms with Gasteiger partial charge in [0, 0.05) is 12.1 Å². The summed E-state index contributed by atoms with van der Waals surface area (Å²) in [5.41, 5.74) is 0.367. The lowest BCUT2D eigenvalue weighted by atomic mass is 10.0. The van der Waals surface area contributed by atoms with E-state index in [-0.39, 0.29) is 13.2 Å². The molecule has 0 spiro atoms. The number of likely N-dealkylation sites (N-methyl/N-ethyl adjacent to an activating group) is 1. The molecule has 0 bridgehead atoms. The summed E-state index contributed by atoms with van der Waals surface area (Å²) in [4.78, 5) is 24.6. The normalized spacial score (nSPS) is 21.1. The molecule has 1 heterocycles. The standard InChI is InChI=1S/C13H14Cl2N2O4/c1-17(11-6-21-5-8(11)12(18)19)13(20)16-10-4-7(14)2-3-9(10)15/h2-4,8,11H,5-6H2,1H3,(H,16,20)(H,18,19). The molecule has 1 fully saturated rings. The van der Waals surface area contributed by atoms with Crippen molar-refractivity contribution in [1.29, 1.82) is 0 Å².